The van der Waals surface area contributed by atoms with Crippen LogP contribution in [0.5, 0.6) is 5.75 Å². The van der Waals surface area contributed by atoms with E-state index in [1.54, 1.807) is 24.3 Å². The van der Waals surface area contributed by atoms with Gasteiger partial charge in [-0.1, -0.05) is 30.3 Å². The Bertz CT molecular complexity index is 970. The summed E-state index contributed by atoms with van der Waals surface area (Å²) in [5.74, 6) is -0.220. The van der Waals surface area contributed by atoms with Crippen LogP contribution in [0.25, 0.3) is 0 Å². The zero-order valence-corrected chi connectivity index (χ0v) is 16.5. The van der Waals surface area contributed by atoms with E-state index in [0.717, 1.165) is 37.4 Å². The molecule has 0 unspecified atom stereocenters. The summed E-state index contributed by atoms with van der Waals surface area (Å²) in [6.45, 7) is 2.99. The Morgan fingerprint density at radius 3 is 2.13 bits per heavy atom. The van der Waals surface area contributed by atoms with Crippen molar-refractivity contribution in [2.45, 2.75) is 6.04 Å². The third-order valence-corrected chi connectivity index (χ3v) is 5.37. The number of amides is 1. The molecule has 5 nitrogen and oxygen atoms in total. The maximum atomic E-state index is 13.2. The van der Waals surface area contributed by atoms with Gasteiger partial charge >= 0.3 is 0 Å². The zero-order chi connectivity index (χ0) is 20.9. The number of hydrogen-bond donors (Lipinski definition) is 2. The summed E-state index contributed by atoms with van der Waals surface area (Å²) in [5, 5.41) is 12.4. The average Bonchev–Trinajstić information content (AvgIpc) is 2.77. The van der Waals surface area contributed by atoms with Gasteiger partial charge in [0.2, 0.25) is 5.91 Å². The van der Waals surface area contributed by atoms with Gasteiger partial charge in [-0.2, -0.15) is 0 Å². The maximum absolute atomic E-state index is 13.2. The van der Waals surface area contributed by atoms with Crippen LogP contribution in [0.4, 0.5) is 15.8 Å². The molecule has 0 spiro atoms. The first-order valence-electron chi connectivity index (χ1n) is 9.99. The fraction of sp³-hybridized carbons (Fsp3) is 0.208. The number of nitrogens with zero attached hydrogens (tertiary/aromatic N) is 2. The van der Waals surface area contributed by atoms with E-state index in [9.17, 15) is 14.3 Å². The molecule has 0 bridgehead atoms. The molecule has 3 aromatic rings. The van der Waals surface area contributed by atoms with Crippen LogP contribution in [-0.4, -0.2) is 42.1 Å². The number of phenols is 1. The molecule has 4 rings (SSSR count). The average molecular weight is 405 g/mol. The Labute approximate surface area is 175 Å². The summed E-state index contributed by atoms with van der Waals surface area (Å²) in [7, 11) is 0. The highest BCUT2D eigenvalue weighted by Gasteiger charge is 2.30. The fourth-order valence-electron chi connectivity index (χ4n) is 3.81. The van der Waals surface area contributed by atoms with Crippen LogP contribution in [0.1, 0.15) is 11.6 Å². The maximum Gasteiger partial charge on any atom is 0.246 e. The first kappa shape index (κ1) is 19.9. The molecule has 1 amide bonds. The van der Waals surface area contributed by atoms with Crippen molar-refractivity contribution in [3.05, 3.63) is 90.2 Å². The molecule has 154 valence electrons. The summed E-state index contributed by atoms with van der Waals surface area (Å²) in [6, 6.07) is 22.3. The molecule has 1 saturated heterocycles. The van der Waals surface area contributed by atoms with Gasteiger partial charge in [0.15, 0.2) is 0 Å². The molecule has 0 radical (unpaired) electrons. The van der Waals surface area contributed by atoms with Crippen LogP contribution in [0.3, 0.4) is 0 Å². The normalized spacial score (nSPS) is 15.6. The number of aromatic hydroxyl groups is 1. The highest BCUT2D eigenvalue weighted by Crippen LogP contribution is 2.26. The Morgan fingerprint density at radius 1 is 0.867 bits per heavy atom. The second kappa shape index (κ2) is 8.97. The van der Waals surface area contributed by atoms with Crippen LogP contribution in [-0.2, 0) is 4.79 Å². The van der Waals surface area contributed by atoms with E-state index in [-0.39, 0.29) is 17.5 Å². The number of carbonyl (C=O) groups excluding carboxylic acids is 1. The van der Waals surface area contributed by atoms with Gasteiger partial charge in [-0.3, -0.25) is 9.69 Å². The second-order valence-corrected chi connectivity index (χ2v) is 7.35. The summed E-state index contributed by atoms with van der Waals surface area (Å²) in [6.07, 6.45) is 0. The molecule has 0 saturated carbocycles. The molecule has 1 aliphatic rings. The van der Waals surface area contributed by atoms with Crippen molar-refractivity contribution in [1.82, 2.24) is 4.90 Å². The molecular formula is C24H24FN3O2. The Hall–Kier alpha value is -3.38. The monoisotopic (exact) mass is 405 g/mol. The van der Waals surface area contributed by atoms with E-state index in [2.05, 4.69) is 15.1 Å². The first-order chi connectivity index (χ1) is 14.6. The minimum absolute atomic E-state index is 0.133. The Kier molecular flexibility index (Phi) is 5.95. The van der Waals surface area contributed by atoms with E-state index in [4.69, 9.17) is 0 Å². The van der Waals surface area contributed by atoms with Gasteiger partial charge < -0.3 is 15.3 Å². The highest BCUT2D eigenvalue weighted by molar-refractivity contribution is 5.95. The van der Waals surface area contributed by atoms with E-state index >= 15 is 0 Å². The van der Waals surface area contributed by atoms with Crippen molar-refractivity contribution in [3.63, 3.8) is 0 Å². The van der Waals surface area contributed by atoms with Crippen LogP contribution in [0.15, 0.2) is 78.9 Å². The van der Waals surface area contributed by atoms with Gasteiger partial charge in [-0.05, 0) is 54.1 Å². The minimum atomic E-state index is -0.432. The van der Waals surface area contributed by atoms with Crippen molar-refractivity contribution in [3.8, 4) is 5.75 Å². The predicted molar refractivity (Wildman–Crippen MR) is 116 cm³/mol. The third kappa shape index (κ3) is 4.60. The molecule has 0 aliphatic carbocycles. The third-order valence-electron chi connectivity index (χ3n) is 5.37. The standard InChI is InChI=1S/C24H24FN3O2/c25-19-6-8-20(9-7-19)26-24(30)23(18-4-2-1-3-5-18)28-16-14-27(15-17-28)21-10-12-22(29)13-11-21/h1-13,23,29H,14-17H2,(H,26,30)/t23-/m1/s1. The van der Waals surface area contributed by atoms with Crippen molar-refractivity contribution in [2.75, 3.05) is 36.4 Å². The lowest BCUT2D eigenvalue weighted by Gasteiger charge is -2.39. The van der Waals surface area contributed by atoms with Crippen molar-refractivity contribution in [2.24, 2.45) is 0 Å². The SMILES string of the molecule is O=C(Nc1ccc(F)cc1)[C@@H](c1ccccc1)N1CCN(c2ccc(O)cc2)CC1. The summed E-state index contributed by atoms with van der Waals surface area (Å²) >= 11 is 0. The number of hydrogen-bond acceptors (Lipinski definition) is 4. The molecular weight excluding hydrogens is 381 g/mol. The molecule has 0 aromatic heterocycles. The number of carbonyl (C=O) groups is 1. The molecule has 3 aromatic carbocycles. The second-order valence-electron chi connectivity index (χ2n) is 7.35. The number of anilines is 2. The topological polar surface area (TPSA) is 55.8 Å². The van der Waals surface area contributed by atoms with Crippen molar-refractivity contribution in [1.29, 1.82) is 0 Å². The number of piperazine rings is 1. The van der Waals surface area contributed by atoms with Crippen LogP contribution in [0, 0.1) is 5.82 Å². The fourth-order valence-corrected chi connectivity index (χ4v) is 3.81. The quantitative estimate of drug-likeness (QED) is 0.673. The Morgan fingerprint density at radius 2 is 1.50 bits per heavy atom. The van der Waals surface area contributed by atoms with Gasteiger partial charge in [0, 0.05) is 37.6 Å². The van der Waals surface area contributed by atoms with Gasteiger partial charge in [0.1, 0.15) is 17.6 Å². The molecule has 30 heavy (non-hydrogen) atoms. The number of halogens is 1. The lowest BCUT2D eigenvalue weighted by atomic mass is 10.0. The summed E-state index contributed by atoms with van der Waals surface area (Å²) < 4.78 is 13.2. The molecule has 1 atom stereocenters. The lowest BCUT2D eigenvalue weighted by Crippen LogP contribution is -2.50. The number of rotatable bonds is 5. The Balaban J connectivity index is 1.50. The van der Waals surface area contributed by atoms with Crippen LogP contribution >= 0.6 is 0 Å². The van der Waals surface area contributed by atoms with E-state index in [1.165, 1.54) is 12.1 Å². The minimum Gasteiger partial charge on any atom is -0.508 e. The predicted octanol–water partition coefficient (Wildman–Crippen LogP) is 4.03. The van der Waals surface area contributed by atoms with Gasteiger partial charge in [-0.15, -0.1) is 0 Å². The lowest BCUT2D eigenvalue weighted by molar-refractivity contribution is -0.121. The van der Waals surface area contributed by atoms with Gasteiger partial charge in [-0.25, -0.2) is 4.39 Å². The molecule has 6 heteroatoms. The zero-order valence-electron chi connectivity index (χ0n) is 16.5. The van der Waals surface area contributed by atoms with Crippen LogP contribution in [0.2, 0.25) is 0 Å². The van der Waals surface area contributed by atoms with Gasteiger partial charge in [0.05, 0.1) is 0 Å². The van der Waals surface area contributed by atoms with Crippen LogP contribution < -0.4 is 10.2 Å². The van der Waals surface area contributed by atoms with E-state index < -0.39 is 6.04 Å². The smallest absolute Gasteiger partial charge is 0.246 e. The highest BCUT2D eigenvalue weighted by atomic mass is 19.1. The first-order valence-corrected chi connectivity index (χ1v) is 9.99. The summed E-state index contributed by atoms with van der Waals surface area (Å²) in [4.78, 5) is 17.6. The molecule has 2 N–H and O–H groups in total. The summed E-state index contributed by atoms with van der Waals surface area (Å²) in [5.41, 5.74) is 2.56. The number of benzene rings is 3. The number of nitrogens with one attached hydrogen (secondary N) is 1. The molecule has 1 aliphatic heterocycles. The van der Waals surface area contributed by atoms with Crippen molar-refractivity contribution >= 4 is 17.3 Å². The molecule has 1 fully saturated rings. The van der Waals surface area contributed by atoms with Crippen molar-refractivity contribution < 1.29 is 14.3 Å². The van der Waals surface area contributed by atoms with E-state index in [0.29, 0.717) is 5.69 Å². The molecule has 1 heterocycles. The largest absolute Gasteiger partial charge is 0.508 e. The number of phenolic OH excluding ortho intramolecular Hbond substituents is 1. The van der Waals surface area contributed by atoms with E-state index in [1.807, 2.05) is 42.5 Å². The van der Waals surface area contributed by atoms with Gasteiger partial charge in [0.25, 0.3) is 0 Å².